The number of hydroxylamine groups is 1. The van der Waals surface area contributed by atoms with E-state index in [0.717, 1.165) is 52.7 Å². The highest BCUT2D eigenvalue weighted by Gasteiger charge is 2.48. The highest BCUT2D eigenvalue weighted by Crippen LogP contribution is 2.50. The average molecular weight is 529 g/mol. The second kappa shape index (κ2) is 10.3. The fourth-order valence-electron chi connectivity index (χ4n) is 6.12. The number of oxazole rings is 1. The maximum Gasteiger partial charge on any atom is 0.240 e. The van der Waals surface area contributed by atoms with Crippen molar-refractivity contribution in [1.82, 2.24) is 20.7 Å². The third-order valence-electron chi connectivity index (χ3n) is 8.15. The Labute approximate surface area is 230 Å². The number of fused-ring (bicyclic) bond motifs is 1. The number of benzene rings is 2. The summed E-state index contributed by atoms with van der Waals surface area (Å²) in [7, 11) is 0. The number of hydrogen-bond acceptors (Lipinski definition) is 5. The van der Waals surface area contributed by atoms with Crippen LogP contribution in [-0.4, -0.2) is 21.1 Å². The van der Waals surface area contributed by atoms with Crippen LogP contribution in [-0.2, 0) is 20.6 Å². The molecule has 7 nitrogen and oxygen atoms in total. The van der Waals surface area contributed by atoms with Crippen molar-refractivity contribution < 1.29 is 14.0 Å². The molecule has 0 spiro atoms. The Bertz CT molecular complexity index is 1480. The quantitative estimate of drug-likeness (QED) is 0.252. The number of carbonyl (C=O) groups is 1. The third kappa shape index (κ3) is 5.24. The lowest BCUT2D eigenvalue weighted by molar-refractivity contribution is -0.188. The van der Waals surface area contributed by atoms with Crippen molar-refractivity contribution in [2.24, 2.45) is 17.8 Å². The van der Waals surface area contributed by atoms with E-state index in [0.29, 0.717) is 17.7 Å². The van der Waals surface area contributed by atoms with Gasteiger partial charge in [0.2, 0.25) is 11.8 Å². The Morgan fingerprint density at radius 1 is 1.18 bits per heavy atom. The van der Waals surface area contributed by atoms with Gasteiger partial charge in [0.05, 0.1) is 5.56 Å². The second-order valence-corrected chi connectivity index (χ2v) is 12.6. The summed E-state index contributed by atoms with van der Waals surface area (Å²) in [5.41, 5.74) is 8.41. The van der Waals surface area contributed by atoms with Gasteiger partial charge >= 0.3 is 0 Å². The molecule has 2 N–H and O–H groups in total. The molecule has 3 atom stereocenters. The van der Waals surface area contributed by atoms with Gasteiger partial charge in [0.25, 0.3) is 0 Å². The van der Waals surface area contributed by atoms with Crippen LogP contribution in [0.2, 0.25) is 0 Å². The van der Waals surface area contributed by atoms with Crippen LogP contribution in [0.15, 0.2) is 53.1 Å². The minimum atomic E-state index is -0.634. The normalized spacial score (nSPS) is 21.9. The maximum atomic E-state index is 12.0. The molecule has 7 heteroatoms. The number of amides is 1. The number of aromatic amines is 1. The van der Waals surface area contributed by atoms with E-state index in [1.165, 1.54) is 12.5 Å². The SMILES string of the molecule is CC(=O)NOC1(c2cccc(-c3n[nH]cc3-c3nc4cc(C(C)(C)C)ccc4o3)c2)CC(C)CCC1C(C)C. The van der Waals surface area contributed by atoms with Gasteiger partial charge in [-0.05, 0) is 65.3 Å². The van der Waals surface area contributed by atoms with Gasteiger partial charge in [0.15, 0.2) is 5.58 Å². The van der Waals surface area contributed by atoms with Crippen molar-refractivity contribution in [3.05, 3.63) is 59.8 Å². The van der Waals surface area contributed by atoms with E-state index < -0.39 is 5.60 Å². The number of aromatic nitrogens is 3. The molecular weight excluding hydrogens is 488 g/mol. The van der Waals surface area contributed by atoms with Crippen LogP contribution < -0.4 is 5.48 Å². The van der Waals surface area contributed by atoms with Gasteiger partial charge in [-0.15, -0.1) is 0 Å². The Balaban J connectivity index is 1.57. The standard InChI is InChI=1S/C32H40N4O3/c1-19(2)26-13-11-20(3)17-32(26,39-36-21(4)37)24-10-8-9-22(15-24)29-25(18-33-35-29)30-34-27-16-23(31(5,6)7)12-14-28(27)38-30/h8-10,12,14-16,18-20,26H,11,13,17H2,1-7H3,(H,33,35)(H,36,37). The molecule has 206 valence electrons. The molecule has 0 aliphatic heterocycles. The van der Waals surface area contributed by atoms with Crippen LogP contribution in [0, 0.1) is 17.8 Å². The Morgan fingerprint density at radius 3 is 2.69 bits per heavy atom. The molecule has 1 saturated carbocycles. The second-order valence-electron chi connectivity index (χ2n) is 12.6. The molecule has 2 heterocycles. The summed E-state index contributed by atoms with van der Waals surface area (Å²) in [5, 5.41) is 7.63. The first-order valence-electron chi connectivity index (χ1n) is 14.0. The van der Waals surface area contributed by atoms with Crippen LogP contribution in [0.1, 0.15) is 78.9 Å². The van der Waals surface area contributed by atoms with Crippen LogP contribution in [0.25, 0.3) is 33.8 Å². The summed E-state index contributed by atoms with van der Waals surface area (Å²) < 4.78 is 6.19. The summed E-state index contributed by atoms with van der Waals surface area (Å²) in [6.45, 7) is 14.8. The Kier molecular flexibility index (Phi) is 7.14. The van der Waals surface area contributed by atoms with Crippen LogP contribution in [0.3, 0.4) is 0 Å². The number of H-pyrrole nitrogens is 1. The van der Waals surface area contributed by atoms with Gasteiger partial charge in [-0.3, -0.25) is 14.7 Å². The van der Waals surface area contributed by atoms with E-state index in [1.54, 1.807) is 0 Å². The minimum Gasteiger partial charge on any atom is -0.436 e. The summed E-state index contributed by atoms with van der Waals surface area (Å²) in [6, 6.07) is 14.5. The molecule has 4 aromatic rings. The van der Waals surface area contributed by atoms with Crippen molar-refractivity contribution in [2.75, 3.05) is 0 Å². The molecule has 2 aromatic heterocycles. The van der Waals surface area contributed by atoms with Gasteiger partial charge in [-0.25, -0.2) is 10.5 Å². The first kappa shape index (κ1) is 27.1. The van der Waals surface area contributed by atoms with Crippen LogP contribution in [0.4, 0.5) is 0 Å². The van der Waals surface area contributed by atoms with Gasteiger partial charge in [0.1, 0.15) is 16.8 Å². The average Bonchev–Trinajstić information content (AvgIpc) is 3.53. The smallest absolute Gasteiger partial charge is 0.240 e. The molecule has 1 amide bonds. The number of hydrogen-bond donors (Lipinski definition) is 2. The Hall–Kier alpha value is -3.45. The van der Waals surface area contributed by atoms with E-state index >= 15 is 0 Å². The zero-order valence-corrected chi connectivity index (χ0v) is 24.1. The largest absolute Gasteiger partial charge is 0.436 e. The van der Waals surface area contributed by atoms with E-state index in [9.17, 15) is 4.79 Å². The summed E-state index contributed by atoms with van der Waals surface area (Å²) in [4.78, 5) is 23.2. The summed E-state index contributed by atoms with van der Waals surface area (Å²) in [6.07, 6.45) is 4.84. The number of nitrogens with zero attached hydrogens (tertiary/aromatic N) is 2. The predicted molar refractivity (Wildman–Crippen MR) is 154 cm³/mol. The fourth-order valence-corrected chi connectivity index (χ4v) is 6.12. The van der Waals surface area contributed by atoms with Crippen molar-refractivity contribution in [2.45, 2.75) is 78.7 Å². The first-order chi connectivity index (χ1) is 18.5. The van der Waals surface area contributed by atoms with E-state index in [1.807, 2.05) is 24.4 Å². The molecule has 1 aliphatic rings. The number of carbonyl (C=O) groups excluding carboxylic acids is 1. The van der Waals surface area contributed by atoms with Crippen molar-refractivity contribution >= 4 is 17.0 Å². The fraction of sp³-hybridized carbons (Fsp3) is 0.469. The molecule has 0 saturated heterocycles. The van der Waals surface area contributed by atoms with E-state index in [2.05, 4.69) is 81.5 Å². The summed E-state index contributed by atoms with van der Waals surface area (Å²) >= 11 is 0. The Morgan fingerprint density at radius 2 is 1.97 bits per heavy atom. The number of nitrogens with one attached hydrogen (secondary N) is 2. The van der Waals surface area contributed by atoms with Gasteiger partial charge in [-0.2, -0.15) is 5.10 Å². The lowest BCUT2D eigenvalue weighted by atomic mass is 9.64. The molecule has 5 rings (SSSR count). The van der Waals surface area contributed by atoms with Gasteiger partial charge in [0, 0.05) is 18.7 Å². The molecular formula is C32H40N4O3. The molecule has 1 fully saturated rings. The highest BCUT2D eigenvalue weighted by molar-refractivity contribution is 5.82. The topological polar surface area (TPSA) is 93.0 Å². The molecule has 2 aromatic carbocycles. The molecule has 0 bridgehead atoms. The van der Waals surface area contributed by atoms with Gasteiger partial charge < -0.3 is 4.42 Å². The highest BCUT2D eigenvalue weighted by atomic mass is 16.7. The van der Waals surface area contributed by atoms with E-state index in [4.69, 9.17) is 14.2 Å². The van der Waals surface area contributed by atoms with Crippen LogP contribution in [0.5, 0.6) is 0 Å². The molecule has 1 aliphatic carbocycles. The molecule has 0 radical (unpaired) electrons. The zero-order valence-electron chi connectivity index (χ0n) is 24.1. The van der Waals surface area contributed by atoms with Crippen molar-refractivity contribution in [3.8, 4) is 22.7 Å². The summed E-state index contributed by atoms with van der Waals surface area (Å²) in [5.74, 6) is 1.43. The molecule has 3 unspecified atom stereocenters. The number of rotatable bonds is 6. The van der Waals surface area contributed by atoms with Crippen molar-refractivity contribution in [1.29, 1.82) is 0 Å². The first-order valence-corrected chi connectivity index (χ1v) is 14.0. The lowest BCUT2D eigenvalue weighted by Crippen LogP contribution is -2.49. The van der Waals surface area contributed by atoms with Crippen LogP contribution >= 0.6 is 0 Å². The minimum absolute atomic E-state index is 0.0221. The lowest BCUT2D eigenvalue weighted by Gasteiger charge is -2.47. The van der Waals surface area contributed by atoms with Crippen molar-refractivity contribution in [3.63, 3.8) is 0 Å². The maximum absolute atomic E-state index is 12.0. The third-order valence-corrected chi connectivity index (χ3v) is 8.15. The van der Waals surface area contributed by atoms with Gasteiger partial charge in [-0.1, -0.05) is 72.2 Å². The molecule has 39 heavy (non-hydrogen) atoms. The zero-order chi connectivity index (χ0) is 27.9. The monoisotopic (exact) mass is 528 g/mol. The van der Waals surface area contributed by atoms with E-state index in [-0.39, 0.29) is 17.2 Å². The predicted octanol–water partition coefficient (Wildman–Crippen LogP) is 7.54.